The molecule has 3 N–H and O–H groups in total. The average Bonchev–Trinajstić information content (AvgIpc) is 3.29. The molecule has 7 heteroatoms. The van der Waals surface area contributed by atoms with Crippen LogP contribution in [0.4, 0.5) is 5.82 Å². The number of guanidine groups is 1. The van der Waals surface area contributed by atoms with Gasteiger partial charge in [0.15, 0.2) is 5.96 Å². The second-order valence-corrected chi connectivity index (χ2v) is 7.78. The summed E-state index contributed by atoms with van der Waals surface area (Å²) in [5.41, 5.74) is 2.18. The lowest BCUT2D eigenvalue weighted by atomic mass is 10.1. The lowest BCUT2D eigenvalue weighted by molar-refractivity contribution is -0.116. The first-order valence-electron chi connectivity index (χ1n) is 11.2. The molecule has 0 saturated carbocycles. The summed E-state index contributed by atoms with van der Waals surface area (Å²) < 4.78 is 0. The van der Waals surface area contributed by atoms with E-state index in [1.54, 1.807) is 6.07 Å². The van der Waals surface area contributed by atoms with Gasteiger partial charge in [-0.3, -0.25) is 14.7 Å². The molecular formula is C24H34N6O. The molecule has 2 aromatic rings. The highest BCUT2D eigenvalue weighted by Crippen LogP contribution is 2.25. The largest absolute Gasteiger partial charge is 0.357 e. The molecule has 1 amide bonds. The summed E-state index contributed by atoms with van der Waals surface area (Å²) in [6, 6.07) is 16.5. The second kappa shape index (κ2) is 12.1. The van der Waals surface area contributed by atoms with Gasteiger partial charge in [-0.25, -0.2) is 4.98 Å². The molecule has 1 aliphatic heterocycles. The Hall–Kier alpha value is -2.93. The number of pyridine rings is 1. The van der Waals surface area contributed by atoms with Crippen LogP contribution in [0.15, 0.2) is 53.5 Å². The maximum absolute atomic E-state index is 12.2. The van der Waals surface area contributed by atoms with Gasteiger partial charge < -0.3 is 16.0 Å². The Balaban J connectivity index is 1.55. The molecule has 0 bridgehead atoms. The Morgan fingerprint density at radius 1 is 1.10 bits per heavy atom. The highest BCUT2D eigenvalue weighted by molar-refractivity contribution is 5.90. The summed E-state index contributed by atoms with van der Waals surface area (Å²) >= 11 is 0. The van der Waals surface area contributed by atoms with Gasteiger partial charge in [0.05, 0.1) is 12.6 Å². The van der Waals surface area contributed by atoms with Crippen molar-refractivity contribution in [1.82, 2.24) is 20.5 Å². The van der Waals surface area contributed by atoms with E-state index in [1.165, 1.54) is 18.4 Å². The summed E-state index contributed by atoms with van der Waals surface area (Å²) in [7, 11) is 0. The van der Waals surface area contributed by atoms with E-state index in [0.29, 0.717) is 25.3 Å². The molecule has 7 nitrogen and oxygen atoms in total. The molecule has 0 aliphatic carbocycles. The summed E-state index contributed by atoms with van der Waals surface area (Å²) in [6.07, 6.45) is 2.83. The van der Waals surface area contributed by atoms with Gasteiger partial charge in [-0.1, -0.05) is 36.4 Å². The van der Waals surface area contributed by atoms with Crippen molar-refractivity contribution in [2.24, 2.45) is 4.99 Å². The molecule has 166 valence electrons. The topological polar surface area (TPSA) is 81.7 Å². The number of aromatic nitrogens is 1. The van der Waals surface area contributed by atoms with Gasteiger partial charge in [0, 0.05) is 25.2 Å². The molecule has 2 heterocycles. The van der Waals surface area contributed by atoms with Crippen molar-refractivity contribution in [2.75, 3.05) is 38.0 Å². The zero-order valence-electron chi connectivity index (χ0n) is 18.6. The quantitative estimate of drug-likeness (QED) is 0.427. The minimum atomic E-state index is -0.0688. The van der Waals surface area contributed by atoms with Gasteiger partial charge in [-0.05, 0) is 57.5 Å². The van der Waals surface area contributed by atoms with Crippen LogP contribution in [0.25, 0.3) is 0 Å². The zero-order valence-corrected chi connectivity index (χ0v) is 18.6. The number of aliphatic imine (C=N–C) groups is 1. The molecule has 0 spiro atoms. The first-order valence-corrected chi connectivity index (χ1v) is 11.2. The van der Waals surface area contributed by atoms with Crippen molar-refractivity contribution in [3.63, 3.8) is 0 Å². The lowest BCUT2D eigenvalue weighted by Gasteiger charge is -2.27. The number of hydrogen-bond acceptors (Lipinski definition) is 4. The molecule has 1 aromatic carbocycles. The van der Waals surface area contributed by atoms with E-state index in [1.807, 2.05) is 26.0 Å². The normalized spacial score (nSPS) is 15.5. The number of carbonyl (C=O) groups is 1. The van der Waals surface area contributed by atoms with Crippen LogP contribution >= 0.6 is 0 Å². The minimum absolute atomic E-state index is 0.0688. The summed E-state index contributed by atoms with van der Waals surface area (Å²) in [5.74, 6) is 1.26. The predicted molar refractivity (Wildman–Crippen MR) is 126 cm³/mol. The number of amides is 1. The number of hydrogen-bond donors (Lipinski definition) is 3. The Morgan fingerprint density at radius 2 is 1.87 bits per heavy atom. The minimum Gasteiger partial charge on any atom is -0.357 e. The van der Waals surface area contributed by atoms with Crippen LogP contribution in [-0.2, 0) is 4.79 Å². The van der Waals surface area contributed by atoms with Crippen LogP contribution in [0.3, 0.4) is 0 Å². The number of benzene rings is 1. The number of aryl methyl sites for hydroxylation is 1. The standard InChI is InChI=1S/C24H34N6O/c1-3-25-24(26-15-14-23(31)29-22-13-9-10-19(2)28-22)27-18-21(30-16-7-8-17-30)20-11-5-4-6-12-20/h4-6,9-13,21H,3,7-8,14-18H2,1-2H3,(H2,25,26,27)(H,28,29,31). The van der Waals surface area contributed by atoms with Crippen molar-refractivity contribution in [2.45, 2.75) is 39.2 Å². The van der Waals surface area contributed by atoms with E-state index in [-0.39, 0.29) is 11.9 Å². The predicted octanol–water partition coefficient (Wildman–Crippen LogP) is 3.11. The Kier molecular flexibility index (Phi) is 8.84. The van der Waals surface area contributed by atoms with Gasteiger partial charge in [-0.15, -0.1) is 0 Å². The van der Waals surface area contributed by atoms with Gasteiger partial charge in [0.25, 0.3) is 0 Å². The third-order valence-electron chi connectivity index (χ3n) is 5.33. The number of nitrogens with one attached hydrogen (secondary N) is 3. The molecule has 3 rings (SSSR count). The zero-order chi connectivity index (χ0) is 21.9. The van der Waals surface area contributed by atoms with Crippen molar-refractivity contribution in [1.29, 1.82) is 0 Å². The Morgan fingerprint density at radius 3 is 2.58 bits per heavy atom. The highest BCUT2D eigenvalue weighted by atomic mass is 16.1. The van der Waals surface area contributed by atoms with Gasteiger partial charge >= 0.3 is 0 Å². The molecule has 31 heavy (non-hydrogen) atoms. The molecule has 1 fully saturated rings. The first-order chi connectivity index (χ1) is 15.2. The number of carbonyl (C=O) groups excluding carboxylic acids is 1. The fraction of sp³-hybridized carbons (Fsp3) is 0.458. The third-order valence-corrected chi connectivity index (χ3v) is 5.33. The summed E-state index contributed by atoms with van der Waals surface area (Å²) in [4.78, 5) is 23.9. The van der Waals surface area contributed by atoms with E-state index in [9.17, 15) is 4.79 Å². The maximum Gasteiger partial charge on any atom is 0.227 e. The summed E-state index contributed by atoms with van der Waals surface area (Å²) in [6.45, 7) is 8.13. The molecular weight excluding hydrogens is 388 g/mol. The number of likely N-dealkylation sites (tertiary alicyclic amines) is 1. The second-order valence-electron chi connectivity index (χ2n) is 7.78. The molecule has 1 aliphatic rings. The van der Waals surface area contributed by atoms with E-state index < -0.39 is 0 Å². The van der Waals surface area contributed by atoms with Crippen LogP contribution in [0.2, 0.25) is 0 Å². The molecule has 1 atom stereocenters. The van der Waals surface area contributed by atoms with Crippen molar-refractivity contribution < 1.29 is 4.79 Å². The smallest absolute Gasteiger partial charge is 0.227 e. The first kappa shape index (κ1) is 22.7. The van der Waals surface area contributed by atoms with Crippen LogP contribution in [0.1, 0.15) is 43.5 Å². The van der Waals surface area contributed by atoms with Crippen LogP contribution in [-0.4, -0.2) is 54.5 Å². The maximum atomic E-state index is 12.2. The number of rotatable bonds is 9. The van der Waals surface area contributed by atoms with Crippen molar-refractivity contribution >= 4 is 17.7 Å². The van der Waals surface area contributed by atoms with Crippen LogP contribution < -0.4 is 16.0 Å². The Bertz CT molecular complexity index is 848. The average molecular weight is 423 g/mol. The van der Waals surface area contributed by atoms with Crippen molar-refractivity contribution in [3.05, 3.63) is 59.8 Å². The third kappa shape index (κ3) is 7.36. The number of nitrogens with zero attached hydrogens (tertiary/aromatic N) is 3. The van der Waals surface area contributed by atoms with E-state index in [4.69, 9.17) is 4.99 Å². The van der Waals surface area contributed by atoms with Crippen molar-refractivity contribution in [3.8, 4) is 0 Å². The Labute approximate surface area is 185 Å². The lowest BCUT2D eigenvalue weighted by Crippen LogP contribution is -2.39. The van der Waals surface area contributed by atoms with E-state index >= 15 is 0 Å². The molecule has 1 unspecified atom stereocenters. The molecule has 1 aromatic heterocycles. The fourth-order valence-corrected chi connectivity index (χ4v) is 3.79. The highest BCUT2D eigenvalue weighted by Gasteiger charge is 2.23. The van der Waals surface area contributed by atoms with Gasteiger partial charge in [-0.2, -0.15) is 0 Å². The van der Waals surface area contributed by atoms with E-state index in [0.717, 1.165) is 31.3 Å². The van der Waals surface area contributed by atoms with Crippen LogP contribution in [0.5, 0.6) is 0 Å². The SMILES string of the molecule is CCNC(=NCC(c1ccccc1)N1CCCC1)NCCC(=O)Nc1cccc(C)n1. The van der Waals surface area contributed by atoms with Gasteiger partial charge in [0.2, 0.25) is 5.91 Å². The van der Waals surface area contributed by atoms with Crippen LogP contribution in [0, 0.1) is 6.92 Å². The molecule has 0 radical (unpaired) electrons. The number of anilines is 1. The van der Waals surface area contributed by atoms with E-state index in [2.05, 4.69) is 56.2 Å². The summed E-state index contributed by atoms with van der Waals surface area (Å²) in [5, 5.41) is 9.41. The van der Waals surface area contributed by atoms with Gasteiger partial charge in [0.1, 0.15) is 5.82 Å². The fourth-order valence-electron chi connectivity index (χ4n) is 3.79. The molecule has 1 saturated heterocycles. The monoisotopic (exact) mass is 422 g/mol.